The van der Waals surface area contributed by atoms with Crippen LogP contribution in [-0.2, 0) is 7.05 Å². The molecule has 14 heavy (non-hydrogen) atoms. The predicted molar refractivity (Wildman–Crippen MR) is 53.4 cm³/mol. The maximum Gasteiger partial charge on any atom is 0.104 e. The molecule has 0 radical (unpaired) electrons. The normalized spacial score (nSPS) is 9.71. The van der Waals surface area contributed by atoms with Gasteiger partial charge in [0.1, 0.15) is 11.8 Å². The van der Waals surface area contributed by atoms with Crippen LogP contribution in [0.4, 0.5) is 0 Å². The number of aryl methyl sites for hydroxylation is 1. The van der Waals surface area contributed by atoms with E-state index in [1.165, 1.54) is 0 Å². The topological polar surface area (TPSA) is 41.6 Å². The van der Waals surface area contributed by atoms with Crippen LogP contribution < -0.4 is 0 Å². The lowest BCUT2D eigenvalue weighted by Crippen LogP contribution is -1.94. The number of rotatable bonds is 1. The van der Waals surface area contributed by atoms with Crippen LogP contribution in [0.25, 0.3) is 11.4 Å². The van der Waals surface area contributed by atoms with Crippen molar-refractivity contribution in [3.63, 3.8) is 0 Å². The van der Waals surface area contributed by atoms with Crippen LogP contribution in [0.5, 0.6) is 0 Å². The standard InChI is InChI=1S/C11H9N3/c1-14-7-3-5-10(14)11-9(8-12)4-2-6-13-11/h2-7H,1H3. The number of hydrogen-bond acceptors (Lipinski definition) is 2. The minimum Gasteiger partial charge on any atom is -0.349 e. The maximum atomic E-state index is 8.91. The summed E-state index contributed by atoms with van der Waals surface area (Å²) in [5, 5.41) is 8.91. The van der Waals surface area contributed by atoms with Gasteiger partial charge in [-0.15, -0.1) is 0 Å². The SMILES string of the molecule is Cn1cccc1-c1ncccc1C#N. The predicted octanol–water partition coefficient (Wildman–Crippen LogP) is 1.96. The molecule has 0 N–H and O–H groups in total. The van der Waals surface area contributed by atoms with Crippen molar-refractivity contribution >= 4 is 0 Å². The highest BCUT2D eigenvalue weighted by molar-refractivity contribution is 5.63. The Kier molecular flexibility index (Phi) is 2.04. The van der Waals surface area contributed by atoms with E-state index in [-0.39, 0.29) is 0 Å². The van der Waals surface area contributed by atoms with Crippen LogP contribution >= 0.6 is 0 Å². The van der Waals surface area contributed by atoms with Gasteiger partial charge in [-0.1, -0.05) is 0 Å². The van der Waals surface area contributed by atoms with Crippen molar-refractivity contribution in [3.8, 4) is 17.5 Å². The zero-order valence-electron chi connectivity index (χ0n) is 7.81. The first-order valence-corrected chi connectivity index (χ1v) is 4.30. The van der Waals surface area contributed by atoms with Gasteiger partial charge in [0.05, 0.1) is 11.3 Å². The van der Waals surface area contributed by atoms with Crippen LogP contribution in [0.2, 0.25) is 0 Å². The van der Waals surface area contributed by atoms with E-state index >= 15 is 0 Å². The molecule has 3 nitrogen and oxygen atoms in total. The number of hydrogen-bond donors (Lipinski definition) is 0. The van der Waals surface area contributed by atoms with Gasteiger partial charge in [0, 0.05) is 19.4 Å². The lowest BCUT2D eigenvalue weighted by atomic mass is 10.1. The van der Waals surface area contributed by atoms with Crippen molar-refractivity contribution in [2.45, 2.75) is 0 Å². The number of pyridine rings is 1. The zero-order valence-corrected chi connectivity index (χ0v) is 7.81. The summed E-state index contributed by atoms with van der Waals surface area (Å²) in [5.41, 5.74) is 2.30. The molecule has 2 aromatic heterocycles. The molecule has 2 aromatic rings. The van der Waals surface area contributed by atoms with E-state index in [9.17, 15) is 0 Å². The first-order valence-electron chi connectivity index (χ1n) is 4.30. The van der Waals surface area contributed by atoms with E-state index in [1.807, 2.05) is 29.9 Å². The van der Waals surface area contributed by atoms with Crippen molar-refractivity contribution in [1.82, 2.24) is 9.55 Å². The highest BCUT2D eigenvalue weighted by Gasteiger charge is 2.07. The van der Waals surface area contributed by atoms with Gasteiger partial charge in [0.15, 0.2) is 0 Å². The Morgan fingerprint density at radius 3 is 2.86 bits per heavy atom. The van der Waals surface area contributed by atoms with Crippen LogP contribution in [-0.4, -0.2) is 9.55 Å². The molecule has 3 heteroatoms. The second-order valence-electron chi connectivity index (χ2n) is 3.02. The van der Waals surface area contributed by atoms with Crippen molar-refractivity contribution in [1.29, 1.82) is 5.26 Å². The fraction of sp³-hybridized carbons (Fsp3) is 0.0909. The third kappa shape index (κ3) is 1.27. The average molecular weight is 183 g/mol. The molecular formula is C11H9N3. The largest absolute Gasteiger partial charge is 0.349 e. The van der Waals surface area contributed by atoms with E-state index in [2.05, 4.69) is 11.1 Å². The van der Waals surface area contributed by atoms with Gasteiger partial charge in [-0.05, 0) is 24.3 Å². The Balaban J connectivity index is 2.64. The van der Waals surface area contributed by atoms with Gasteiger partial charge in [-0.3, -0.25) is 4.98 Å². The Bertz CT molecular complexity index is 491. The molecule has 0 spiro atoms. The molecule has 0 amide bonds. The Hall–Kier alpha value is -2.08. The third-order valence-corrected chi connectivity index (χ3v) is 2.11. The molecule has 0 atom stereocenters. The Morgan fingerprint density at radius 1 is 1.36 bits per heavy atom. The molecule has 68 valence electrons. The van der Waals surface area contributed by atoms with Crippen LogP contribution in [0, 0.1) is 11.3 Å². The highest BCUT2D eigenvalue weighted by atomic mass is 14.9. The maximum absolute atomic E-state index is 8.91. The first-order chi connectivity index (χ1) is 6.83. The highest BCUT2D eigenvalue weighted by Crippen LogP contribution is 2.19. The summed E-state index contributed by atoms with van der Waals surface area (Å²) in [6.45, 7) is 0. The quantitative estimate of drug-likeness (QED) is 0.678. The van der Waals surface area contributed by atoms with Gasteiger partial charge in [-0.25, -0.2) is 0 Å². The van der Waals surface area contributed by atoms with E-state index in [1.54, 1.807) is 18.3 Å². The van der Waals surface area contributed by atoms with Gasteiger partial charge in [0.25, 0.3) is 0 Å². The average Bonchev–Trinajstić information content (AvgIpc) is 2.64. The summed E-state index contributed by atoms with van der Waals surface area (Å²) in [6, 6.07) is 9.56. The van der Waals surface area contributed by atoms with Crippen molar-refractivity contribution in [2.75, 3.05) is 0 Å². The third-order valence-electron chi connectivity index (χ3n) is 2.11. The van der Waals surface area contributed by atoms with Gasteiger partial charge >= 0.3 is 0 Å². The lowest BCUT2D eigenvalue weighted by molar-refractivity contribution is 0.930. The summed E-state index contributed by atoms with van der Waals surface area (Å²) in [4.78, 5) is 4.21. The molecule has 0 aliphatic rings. The van der Waals surface area contributed by atoms with Gasteiger partial charge in [0.2, 0.25) is 0 Å². The Morgan fingerprint density at radius 2 is 2.21 bits per heavy atom. The summed E-state index contributed by atoms with van der Waals surface area (Å²) in [7, 11) is 1.94. The minimum absolute atomic E-state index is 0.606. The van der Waals surface area contributed by atoms with E-state index < -0.39 is 0 Å². The monoisotopic (exact) mass is 183 g/mol. The van der Waals surface area contributed by atoms with Crippen LogP contribution in [0.1, 0.15) is 5.56 Å². The summed E-state index contributed by atoms with van der Waals surface area (Å²) in [6.07, 6.45) is 3.63. The Labute approximate surface area is 82.2 Å². The summed E-state index contributed by atoms with van der Waals surface area (Å²) >= 11 is 0. The smallest absolute Gasteiger partial charge is 0.104 e. The summed E-state index contributed by atoms with van der Waals surface area (Å²) < 4.78 is 1.95. The fourth-order valence-corrected chi connectivity index (χ4v) is 1.41. The lowest BCUT2D eigenvalue weighted by Gasteiger charge is -2.03. The van der Waals surface area contributed by atoms with Crippen molar-refractivity contribution in [2.24, 2.45) is 7.05 Å². The molecule has 0 unspecified atom stereocenters. The second-order valence-corrected chi connectivity index (χ2v) is 3.02. The van der Waals surface area contributed by atoms with Gasteiger partial charge in [-0.2, -0.15) is 5.26 Å². The number of nitrogens with zero attached hydrogens (tertiary/aromatic N) is 3. The molecule has 0 saturated heterocycles. The molecule has 0 saturated carbocycles. The number of aromatic nitrogens is 2. The fourth-order valence-electron chi connectivity index (χ4n) is 1.41. The molecule has 0 aliphatic carbocycles. The van der Waals surface area contributed by atoms with Gasteiger partial charge < -0.3 is 4.57 Å². The molecular weight excluding hydrogens is 174 g/mol. The number of nitriles is 1. The molecule has 2 heterocycles. The molecule has 2 rings (SSSR count). The van der Waals surface area contributed by atoms with Crippen LogP contribution in [0.3, 0.4) is 0 Å². The van der Waals surface area contributed by atoms with E-state index in [4.69, 9.17) is 5.26 Å². The molecule has 0 bridgehead atoms. The molecule has 0 fully saturated rings. The van der Waals surface area contributed by atoms with E-state index in [0.29, 0.717) is 5.56 Å². The zero-order chi connectivity index (χ0) is 9.97. The second kappa shape index (κ2) is 3.35. The van der Waals surface area contributed by atoms with Crippen molar-refractivity contribution in [3.05, 3.63) is 42.2 Å². The molecule has 0 aliphatic heterocycles. The molecule has 0 aromatic carbocycles. The van der Waals surface area contributed by atoms with Crippen molar-refractivity contribution < 1.29 is 0 Å². The van der Waals surface area contributed by atoms with Crippen LogP contribution in [0.15, 0.2) is 36.7 Å². The summed E-state index contributed by atoms with van der Waals surface area (Å²) in [5.74, 6) is 0. The first kappa shape index (κ1) is 8.52. The minimum atomic E-state index is 0.606. The van der Waals surface area contributed by atoms with E-state index in [0.717, 1.165) is 11.4 Å².